The van der Waals surface area contributed by atoms with Gasteiger partial charge in [-0.1, -0.05) is 19.1 Å². The summed E-state index contributed by atoms with van der Waals surface area (Å²) in [5, 5.41) is 0. The highest BCUT2D eigenvalue weighted by atomic mass is 16.6. The number of aryl methyl sites for hydroxylation is 1. The van der Waals surface area contributed by atoms with E-state index >= 15 is 0 Å². The first-order valence-corrected chi connectivity index (χ1v) is 6.34. The standard InChI is InChI=1S/C15H22O3/c1-5-12-6-8-13(9-7-12)17-11-10-14(16)18-15(2,3)4/h6-9H,5,10-11H2,1-4H3. The van der Waals surface area contributed by atoms with E-state index in [9.17, 15) is 4.79 Å². The van der Waals surface area contributed by atoms with Gasteiger partial charge in [0.05, 0.1) is 13.0 Å². The first-order valence-electron chi connectivity index (χ1n) is 6.34. The van der Waals surface area contributed by atoms with Crippen molar-refractivity contribution in [1.29, 1.82) is 0 Å². The number of hydrogen-bond acceptors (Lipinski definition) is 3. The summed E-state index contributed by atoms with van der Waals surface area (Å²) >= 11 is 0. The SMILES string of the molecule is CCc1ccc(OCCC(=O)OC(C)(C)C)cc1. The van der Waals surface area contributed by atoms with Crippen LogP contribution in [0.2, 0.25) is 0 Å². The summed E-state index contributed by atoms with van der Waals surface area (Å²) in [6, 6.07) is 7.91. The van der Waals surface area contributed by atoms with Crippen molar-refractivity contribution < 1.29 is 14.3 Å². The van der Waals surface area contributed by atoms with Gasteiger partial charge in [0.2, 0.25) is 0 Å². The lowest BCUT2D eigenvalue weighted by Gasteiger charge is -2.19. The molecule has 1 aromatic rings. The van der Waals surface area contributed by atoms with Crippen molar-refractivity contribution in [3.05, 3.63) is 29.8 Å². The van der Waals surface area contributed by atoms with Crippen molar-refractivity contribution >= 4 is 5.97 Å². The Morgan fingerprint density at radius 1 is 1.17 bits per heavy atom. The van der Waals surface area contributed by atoms with Gasteiger partial charge in [0.25, 0.3) is 0 Å². The van der Waals surface area contributed by atoms with Crippen molar-refractivity contribution in [2.75, 3.05) is 6.61 Å². The van der Waals surface area contributed by atoms with Crippen LogP contribution in [0.5, 0.6) is 5.75 Å². The van der Waals surface area contributed by atoms with Crippen LogP contribution in [0.25, 0.3) is 0 Å². The molecule has 0 aliphatic carbocycles. The van der Waals surface area contributed by atoms with E-state index in [1.807, 2.05) is 45.0 Å². The van der Waals surface area contributed by atoms with Gasteiger partial charge in [-0.05, 0) is 44.9 Å². The van der Waals surface area contributed by atoms with E-state index in [2.05, 4.69) is 6.92 Å². The molecule has 1 aromatic carbocycles. The van der Waals surface area contributed by atoms with Gasteiger partial charge in [0, 0.05) is 0 Å². The highest BCUT2D eigenvalue weighted by molar-refractivity contribution is 5.69. The lowest BCUT2D eigenvalue weighted by Crippen LogP contribution is -2.24. The fraction of sp³-hybridized carbons (Fsp3) is 0.533. The maximum absolute atomic E-state index is 11.4. The molecule has 0 atom stereocenters. The molecule has 0 N–H and O–H groups in total. The second-order valence-electron chi connectivity index (χ2n) is 5.18. The van der Waals surface area contributed by atoms with Gasteiger partial charge in [-0.2, -0.15) is 0 Å². The Kier molecular flexibility index (Phi) is 5.20. The van der Waals surface area contributed by atoms with Crippen LogP contribution < -0.4 is 4.74 Å². The van der Waals surface area contributed by atoms with Gasteiger partial charge in [0.1, 0.15) is 11.4 Å². The third-order valence-corrected chi connectivity index (χ3v) is 2.33. The molecule has 3 heteroatoms. The zero-order valence-corrected chi connectivity index (χ0v) is 11.7. The van der Waals surface area contributed by atoms with Crippen LogP contribution in [0.4, 0.5) is 0 Å². The number of esters is 1. The molecule has 0 radical (unpaired) electrons. The van der Waals surface area contributed by atoms with Crippen molar-refractivity contribution in [3.63, 3.8) is 0 Å². The summed E-state index contributed by atoms with van der Waals surface area (Å²) in [6.07, 6.45) is 1.28. The second-order valence-corrected chi connectivity index (χ2v) is 5.18. The molecule has 0 saturated heterocycles. The van der Waals surface area contributed by atoms with Crippen LogP contribution in [-0.2, 0) is 16.0 Å². The van der Waals surface area contributed by atoms with Gasteiger partial charge in [-0.25, -0.2) is 0 Å². The van der Waals surface area contributed by atoms with E-state index in [1.165, 1.54) is 5.56 Å². The monoisotopic (exact) mass is 250 g/mol. The first-order chi connectivity index (χ1) is 8.40. The molecule has 0 spiro atoms. The minimum Gasteiger partial charge on any atom is -0.493 e. The zero-order chi connectivity index (χ0) is 13.6. The van der Waals surface area contributed by atoms with Crippen LogP contribution in [0.1, 0.15) is 39.7 Å². The van der Waals surface area contributed by atoms with E-state index in [0.29, 0.717) is 6.61 Å². The Morgan fingerprint density at radius 2 is 1.78 bits per heavy atom. The maximum Gasteiger partial charge on any atom is 0.309 e. The fourth-order valence-corrected chi connectivity index (χ4v) is 1.47. The van der Waals surface area contributed by atoms with E-state index in [0.717, 1.165) is 12.2 Å². The van der Waals surface area contributed by atoms with Crippen LogP contribution in [0.3, 0.4) is 0 Å². The Hall–Kier alpha value is -1.51. The number of carbonyl (C=O) groups excluding carboxylic acids is 1. The van der Waals surface area contributed by atoms with Gasteiger partial charge < -0.3 is 9.47 Å². The van der Waals surface area contributed by atoms with Crippen LogP contribution in [-0.4, -0.2) is 18.2 Å². The summed E-state index contributed by atoms with van der Waals surface area (Å²) in [5.74, 6) is 0.559. The quantitative estimate of drug-likeness (QED) is 0.752. The average molecular weight is 250 g/mol. The molecular formula is C15H22O3. The molecule has 18 heavy (non-hydrogen) atoms. The van der Waals surface area contributed by atoms with Crippen LogP contribution >= 0.6 is 0 Å². The minimum absolute atomic E-state index is 0.229. The largest absolute Gasteiger partial charge is 0.493 e. The molecular weight excluding hydrogens is 228 g/mol. The van der Waals surface area contributed by atoms with E-state index in [1.54, 1.807) is 0 Å². The number of ether oxygens (including phenoxy) is 2. The summed E-state index contributed by atoms with van der Waals surface area (Å²) in [7, 11) is 0. The molecule has 0 fully saturated rings. The zero-order valence-electron chi connectivity index (χ0n) is 11.7. The lowest BCUT2D eigenvalue weighted by molar-refractivity contribution is -0.155. The van der Waals surface area contributed by atoms with Crippen molar-refractivity contribution in [1.82, 2.24) is 0 Å². The van der Waals surface area contributed by atoms with E-state index < -0.39 is 5.60 Å². The summed E-state index contributed by atoms with van der Waals surface area (Å²) in [4.78, 5) is 11.4. The average Bonchev–Trinajstić information content (AvgIpc) is 2.27. The van der Waals surface area contributed by atoms with Crippen LogP contribution in [0.15, 0.2) is 24.3 Å². The van der Waals surface area contributed by atoms with Crippen LogP contribution in [0, 0.1) is 0 Å². The minimum atomic E-state index is -0.431. The number of benzene rings is 1. The van der Waals surface area contributed by atoms with E-state index in [4.69, 9.17) is 9.47 Å². The van der Waals surface area contributed by atoms with Gasteiger partial charge in [-0.15, -0.1) is 0 Å². The molecule has 0 unspecified atom stereocenters. The Bertz CT molecular complexity index is 374. The molecule has 0 aromatic heterocycles. The maximum atomic E-state index is 11.4. The first kappa shape index (κ1) is 14.6. The van der Waals surface area contributed by atoms with Gasteiger partial charge >= 0.3 is 5.97 Å². The van der Waals surface area contributed by atoms with Gasteiger partial charge in [-0.3, -0.25) is 4.79 Å². The van der Waals surface area contributed by atoms with Crippen molar-refractivity contribution in [2.24, 2.45) is 0 Å². The van der Waals surface area contributed by atoms with Gasteiger partial charge in [0.15, 0.2) is 0 Å². The molecule has 1 rings (SSSR count). The third-order valence-electron chi connectivity index (χ3n) is 2.33. The molecule has 0 bridgehead atoms. The smallest absolute Gasteiger partial charge is 0.309 e. The highest BCUT2D eigenvalue weighted by Crippen LogP contribution is 2.13. The Labute approximate surface area is 109 Å². The predicted molar refractivity (Wildman–Crippen MR) is 71.8 cm³/mol. The predicted octanol–water partition coefficient (Wildman–Crippen LogP) is 3.36. The summed E-state index contributed by atoms with van der Waals surface area (Å²) in [6.45, 7) is 8.03. The van der Waals surface area contributed by atoms with E-state index in [-0.39, 0.29) is 12.4 Å². The Balaban J connectivity index is 2.30. The molecule has 0 amide bonds. The summed E-state index contributed by atoms with van der Waals surface area (Å²) in [5.41, 5.74) is 0.842. The fourth-order valence-electron chi connectivity index (χ4n) is 1.47. The lowest BCUT2D eigenvalue weighted by atomic mass is 10.2. The normalized spacial score (nSPS) is 11.1. The molecule has 0 aliphatic rings. The third kappa shape index (κ3) is 5.71. The Morgan fingerprint density at radius 3 is 2.28 bits per heavy atom. The number of hydrogen-bond donors (Lipinski definition) is 0. The molecule has 3 nitrogen and oxygen atoms in total. The van der Waals surface area contributed by atoms with Crippen molar-refractivity contribution in [2.45, 2.75) is 46.1 Å². The van der Waals surface area contributed by atoms with Crippen molar-refractivity contribution in [3.8, 4) is 5.75 Å². The number of carbonyl (C=O) groups is 1. The molecule has 0 saturated carbocycles. The molecule has 0 aliphatic heterocycles. The highest BCUT2D eigenvalue weighted by Gasteiger charge is 2.15. The topological polar surface area (TPSA) is 35.5 Å². The molecule has 0 heterocycles. The second kappa shape index (κ2) is 6.43. The number of rotatable bonds is 5. The summed E-state index contributed by atoms with van der Waals surface area (Å²) < 4.78 is 10.7. The molecule has 100 valence electrons.